The number of aromatic nitrogens is 1. The number of rotatable bonds is 4. The van der Waals surface area contributed by atoms with Crippen molar-refractivity contribution in [2.24, 2.45) is 0 Å². The Labute approximate surface area is 189 Å². The second-order valence-electron chi connectivity index (χ2n) is 7.25. The molecule has 32 heavy (non-hydrogen) atoms. The summed E-state index contributed by atoms with van der Waals surface area (Å²) in [4.78, 5) is 16.8. The number of fused-ring (bicyclic) bond motifs is 1. The lowest BCUT2D eigenvalue weighted by Crippen LogP contribution is -2.34. The first-order chi connectivity index (χ1) is 15.4. The monoisotopic (exact) mass is 449 g/mol. The summed E-state index contributed by atoms with van der Waals surface area (Å²) >= 11 is 5.20. The van der Waals surface area contributed by atoms with E-state index in [0.717, 1.165) is 12.0 Å². The molecule has 0 aliphatic rings. The SMILES string of the molecule is CCc1ccc2oc(-c3cc(NC(=S)NC(=O)c4ccccc4F)cc(C)c3O)nc2c1. The second-order valence-corrected chi connectivity index (χ2v) is 7.66. The number of aromatic hydroxyl groups is 1. The number of nitrogens with one attached hydrogen (secondary N) is 2. The molecular formula is C24H20FN3O3S. The van der Waals surface area contributed by atoms with E-state index in [1.54, 1.807) is 25.1 Å². The quantitative estimate of drug-likeness (QED) is 0.288. The number of phenols is 1. The normalized spacial score (nSPS) is 10.8. The zero-order valence-corrected chi connectivity index (χ0v) is 18.2. The first-order valence-electron chi connectivity index (χ1n) is 9.96. The fraction of sp³-hybridized carbons (Fsp3) is 0.125. The number of halogens is 1. The van der Waals surface area contributed by atoms with Crippen LogP contribution in [0, 0.1) is 12.7 Å². The van der Waals surface area contributed by atoms with E-state index >= 15 is 0 Å². The minimum Gasteiger partial charge on any atom is -0.507 e. The summed E-state index contributed by atoms with van der Waals surface area (Å²) in [5.74, 6) is -1.02. The molecule has 0 saturated heterocycles. The average Bonchev–Trinajstić information content (AvgIpc) is 3.19. The van der Waals surface area contributed by atoms with E-state index in [1.807, 2.05) is 18.2 Å². The van der Waals surface area contributed by atoms with Gasteiger partial charge in [0.1, 0.15) is 17.1 Å². The Hall–Kier alpha value is -3.78. The number of oxazole rings is 1. The minimum absolute atomic E-state index is 0.0144. The molecule has 0 spiro atoms. The molecule has 4 aromatic rings. The Kier molecular flexibility index (Phi) is 5.87. The van der Waals surface area contributed by atoms with Crippen LogP contribution in [-0.2, 0) is 6.42 Å². The van der Waals surface area contributed by atoms with Crippen LogP contribution in [-0.4, -0.2) is 21.1 Å². The fourth-order valence-electron chi connectivity index (χ4n) is 3.30. The molecule has 1 heterocycles. The fourth-order valence-corrected chi connectivity index (χ4v) is 3.51. The Balaban J connectivity index is 1.59. The summed E-state index contributed by atoms with van der Waals surface area (Å²) in [5, 5.41) is 15.9. The molecule has 1 aromatic heterocycles. The maximum absolute atomic E-state index is 13.8. The lowest BCUT2D eigenvalue weighted by Gasteiger charge is -2.13. The van der Waals surface area contributed by atoms with E-state index < -0.39 is 11.7 Å². The Morgan fingerprint density at radius 2 is 1.97 bits per heavy atom. The topological polar surface area (TPSA) is 87.4 Å². The summed E-state index contributed by atoms with van der Waals surface area (Å²) in [7, 11) is 0. The number of hydrogen-bond donors (Lipinski definition) is 3. The molecule has 1 amide bonds. The summed E-state index contributed by atoms with van der Waals surface area (Å²) in [6.45, 7) is 3.78. The number of benzene rings is 3. The van der Waals surface area contributed by atoms with E-state index in [9.17, 15) is 14.3 Å². The van der Waals surface area contributed by atoms with Crippen LogP contribution < -0.4 is 10.6 Å². The molecule has 0 atom stereocenters. The largest absolute Gasteiger partial charge is 0.507 e. The first kappa shape index (κ1) is 21.5. The van der Waals surface area contributed by atoms with Gasteiger partial charge in [-0.25, -0.2) is 9.37 Å². The van der Waals surface area contributed by atoms with Gasteiger partial charge in [-0.2, -0.15) is 0 Å². The van der Waals surface area contributed by atoms with Crippen molar-refractivity contribution in [2.45, 2.75) is 20.3 Å². The molecule has 0 fully saturated rings. The van der Waals surface area contributed by atoms with Gasteiger partial charge in [0.25, 0.3) is 5.91 Å². The van der Waals surface area contributed by atoms with Gasteiger partial charge in [0.05, 0.1) is 11.1 Å². The van der Waals surface area contributed by atoms with Gasteiger partial charge in [0, 0.05) is 5.69 Å². The first-order valence-corrected chi connectivity index (χ1v) is 10.4. The predicted molar refractivity (Wildman–Crippen MR) is 125 cm³/mol. The smallest absolute Gasteiger partial charge is 0.260 e. The number of anilines is 1. The Bertz CT molecular complexity index is 1350. The van der Waals surface area contributed by atoms with Crippen molar-refractivity contribution in [1.29, 1.82) is 0 Å². The molecule has 162 valence electrons. The van der Waals surface area contributed by atoms with Gasteiger partial charge in [-0.15, -0.1) is 0 Å². The lowest BCUT2D eigenvalue weighted by molar-refractivity contribution is 0.0974. The molecule has 0 radical (unpaired) electrons. The van der Waals surface area contributed by atoms with E-state index in [0.29, 0.717) is 27.9 Å². The molecule has 8 heteroatoms. The van der Waals surface area contributed by atoms with Crippen molar-refractivity contribution in [3.05, 3.63) is 77.1 Å². The highest BCUT2D eigenvalue weighted by molar-refractivity contribution is 7.80. The highest BCUT2D eigenvalue weighted by atomic mass is 32.1. The van der Waals surface area contributed by atoms with E-state index in [2.05, 4.69) is 22.5 Å². The van der Waals surface area contributed by atoms with Crippen molar-refractivity contribution >= 4 is 40.0 Å². The van der Waals surface area contributed by atoms with Crippen molar-refractivity contribution in [2.75, 3.05) is 5.32 Å². The molecule has 0 aliphatic heterocycles. The number of phenolic OH excluding ortho intramolecular Hbond substituents is 1. The van der Waals surface area contributed by atoms with Crippen LogP contribution in [0.3, 0.4) is 0 Å². The van der Waals surface area contributed by atoms with Crippen LogP contribution in [0.5, 0.6) is 5.75 Å². The van der Waals surface area contributed by atoms with E-state index in [-0.39, 0.29) is 22.3 Å². The number of carbonyl (C=O) groups is 1. The minimum atomic E-state index is -0.665. The van der Waals surface area contributed by atoms with Crippen LogP contribution in [0.2, 0.25) is 0 Å². The summed E-state index contributed by atoms with van der Waals surface area (Å²) in [5.41, 5.74) is 3.77. The molecule has 0 unspecified atom stereocenters. The number of nitrogens with zero attached hydrogens (tertiary/aromatic N) is 1. The van der Waals surface area contributed by atoms with Crippen molar-refractivity contribution < 1.29 is 18.7 Å². The standard InChI is InChI=1S/C24H20FN3O3S/c1-3-14-8-9-20-19(11-14)27-23(31-20)17-12-15(10-13(2)21(17)29)26-24(32)28-22(30)16-6-4-5-7-18(16)25/h4-12,29H,3H2,1-2H3,(H2,26,28,30,32). The van der Waals surface area contributed by atoms with Crippen LogP contribution in [0.1, 0.15) is 28.4 Å². The van der Waals surface area contributed by atoms with Gasteiger partial charge in [-0.1, -0.05) is 25.1 Å². The molecule has 3 aromatic carbocycles. The molecular weight excluding hydrogens is 429 g/mol. The van der Waals surface area contributed by atoms with Crippen LogP contribution in [0.15, 0.2) is 59.0 Å². The molecule has 4 rings (SSSR count). The van der Waals surface area contributed by atoms with E-state index in [4.69, 9.17) is 16.6 Å². The van der Waals surface area contributed by atoms with Gasteiger partial charge in [0.2, 0.25) is 5.89 Å². The van der Waals surface area contributed by atoms with Gasteiger partial charge in [0.15, 0.2) is 10.7 Å². The van der Waals surface area contributed by atoms with Crippen LogP contribution in [0.4, 0.5) is 10.1 Å². The van der Waals surface area contributed by atoms with Crippen LogP contribution in [0.25, 0.3) is 22.6 Å². The van der Waals surface area contributed by atoms with Crippen molar-refractivity contribution in [1.82, 2.24) is 10.3 Å². The van der Waals surface area contributed by atoms with Crippen LogP contribution >= 0.6 is 12.2 Å². The third-order valence-corrected chi connectivity index (χ3v) is 5.20. The summed E-state index contributed by atoms with van der Waals surface area (Å²) in [6.07, 6.45) is 0.873. The zero-order valence-electron chi connectivity index (χ0n) is 17.4. The average molecular weight is 450 g/mol. The lowest BCUT2D eigenvalue weighted by atomic mass is 10.1. The third kappa shape index (κ3) is 4.31. The second kappa shape index (κ2) is 8.76. The number of carbonyl (C=O) groups excluding carboxylic acids is 1. The molecule has 3 N–H and O–H groups in total. The zero-order chi connectivity index (χ0) is 22.8. The number of hydrogen-bond acceptors (Lipinski definition) is 5. The van der Waals surface area contributed by atoms with Gasteiger partial charge < -0.3 is 14.8 Å². The highest BCUT2D eigenvalue weighted by Gasteiger charge is 2.17. The summed E-state index contributed by atoms with van der Waals surface area (Å²) in [6, 6.07) is 14.7. The highest BCUT2D eigenvalue weighted by Crippen LogP contribution is 2.36. The Morgan fingerprint density at radius 3 is 2.72 bits per heavy atom. The number of aryl methyl sites for hydroxylation is 2. The van der Waals surface area contributed by atoms with Gasteiger partial charge in [-0.3, -0.25) is 10.1 Å². The van der Waals surface area contributed by atoms with E-state index in [1.165, 1.54) is 18.2 Å². The maximum Gasteiger partial charge on any atom is 0.260 e. The molecule has 0 bridgehead atoms. The molecule has 0 saturated carbocycles. The molecule has 0 aliphatic carbocycles. The van der Waals surface area contributed by atoms with Gasteiger partial charge >= 0.3 is 0 Å². The summed E-state index contributed by atoms with van der Waals surface area (Å²) < 4.78 is 19.7. The number of amides is 1. The van der Waals surface area contributed by atoms with Crippen molar-refractivity contribution in [3.8, 4) is 17.2 Å². The Morgan fingerprint density at radius 1 is 1.19 bits per heavy atom. The maximum atomic E-state index is 13.8. The van der Waals surface area contributed by atoms with Gasteiger partial charge in [-0.05, 0) is 73.1 Å². The number of thiocarbonyl (C=S) groups is 1. The third-order valence-electron chi connectivity index (χ3n) is 4.99. The van der Waals surface area contributed by atoms with Crippen molar-refractivity contribution in [3.63, 3.8) is 0 Å². The predicted octanol–water partition coefficient (Wildman–Crippen LogP) is 5.34. The molecule has 6 nitrogen and oxygen atoms in total.